The van der Waals surface area contributed by atoms with E-state index in [-0.39, 0.29) is 32.0 Å². The van der Waals surface area contributed by atoms with E-state index in [1.54, 1.807) is 0 Å². The van der Waals surface area contributed by atoms with Gasteiger partial charge in [0.2, 0.25) is 0 Å². The predicted octanol–water partition coefficient (Wildman–Crippen LogP) is 22.3. The normalized spacial score (nSPS) is 13.6. The Labute approximate surface area is 520 Å². The number of nitrogens with zero attached hydrogens (tertiary/aromatic N) is 1. The molecule has 2 atom stereocenters. The van der Waals surface area contributed by atoms with Gasteiger partial charge in [-0.1, -0.05) is 304 Å². The Balaban J connectivity index is 4.03. The Bertz CT molecular complexity index is 1690. The molecule has 0 rings (SSSR count). The SMILES string of the molecule is CC/C=C\C/C=C\C/C=C\C/C=C\C/C=C\CCCCCCCCCCCCCCCCCC(=O)OC(COC(=O)CCCCCCCCCCCCCCCCCCC/C=C\C/C=C\CCCCCCC)COP(=O)([O-])OCC[N+](C)(C)C. The number of likely N-dealkylation sites (N-methyl/N-ethyl adjacent to an activating group) is 1. The molecule has 0 aliphatic carbocycles. The van der Waals surface area contributed by atoms with Crippen molar-refractivity contribution in [3.05, 3.63) is 85.1 Å². The lowest BCUT2D eigenvalue weighted by atomic mass is 10.0. The molecule has 0 heterocycles. The van der Waals surface area contributed by atoms with Crippen molar-refractivity contribution >= 4 is 19.8 Å². The average Bonchev–Trinajstić information content (AvgIpc) is 3.61. The van der Waals surface area contributed by atoms with Crippen molar-refractivity contribution < 1.29 is 42.1 Å². The second-order valence-electron chi connectivity index (χ2n) is 24.9. The average molecular weight is 1200 g/mol. The first-order valence-electron chi connectivity index (χ1n) is 35.3. The highest BCUT2D eigenvalue weighted by atomic mass is 31.2. The summed E-state index contributed by atoms with van der Waals surface area (Å²) in [6.45, 7) is 4.16. The number of ether oxygens (including phenoxy) is 2. The highest BCUT2D eigenvalue weighted by Gasteiger charge is 2.22. The lowest BCUT2D eigenvalue weighted by molar-refractivity contribution is -0.870. The number of phosphoric ester groups is 1. The smallest absolute Gasteiger partial charge is 0.306 e. The van der Waals surface area contributed by atoms with E-state index in [0.717, 1.165) is 77.0 Å². The van der Waals surface area contributed by atoms with Gasteiger partial charge >= 0.3 is 11.9 Å². The Morgan fingerprint density at radius 2 is 0.679 bits per heavy atom. The summed E-state index contributed by atoms with van der Waals surface area (Å²) in [6, 6.07) is 0. The molecule has 0 spiro atoms. The molecule has 84 heavy (non-hydrogen) atoms. The summed E-state index contributed by atoms with van der Waals surface area (Å²) in [4.78, 5) is 38.1. The van der Waals surface area contributed by atoms with E-state index in [1.807, 2.05) is 21.1 Å². The van der Waals surface area contributed by atoms with E-state index in [9.17, 15) is 19.0 Å². The highest BCUT2D eigenvalue weighted by Crippen LogP contribution is 2.38. The number of carbonyl (C=O) groups excluding carboxylic acids is 2. The van der Waals surface area contributed by atoms with Crippen LogP contribution in [0, 0.1) is 0 Å². The van der Waals surface area contributed by atoms with Gasteiger partial charge in [0.15, 0.2) is 6.10 Å². The number of esters is 2. The Kier molecular flexibility index (Phi) is 62.5. The molecule has 0 aliphatic heterocycles. The zero-order chi connectivity index (χ0) is 61.2. The number of phosphoric acid groups is 1. The van der Waals surface area contributed by atoms with Crippen molar-refractivity contribution in [3.8, 4) is 0 Å². The van der Waals surface area contributed by atoms with Gasteiger partial charge < -0.3 is 27.9 Å². The van der Waals surface area contributed by atoms with Crippen molar-refractivity contribution in [2.24, 2.45) is 0 Å². The number of hydrogen-bond donors (Lipinski definition) is 0. The molecule has 0 aromatic heterocycles. The third-order valence-corrected chi connectivity index (χ3v) is 16.4. The fraction of sp³-hybridized carbons (Fsp3) is 0.784. The van der Waals surface area contributed by atoms with Crippen LogP contribution >= 0.6 is 7.82 Å². The van der Waals surface area contributed by atoms with Crippen LogP contribution in [0.2, 0.25) is 0 Å². The van der Waals surface area contributed by atoms with Gasteiger partial charge in [0.25, 0.3) is 7.82 Å². The molecule has 0 aromatic carbocycles. The minimum absolute atomic E-state index is 0.0318. The lowest BCUT2D eigenvalue weighted by Gasteiger charge is -2.28. The molecule has 0 fully saturated rings. The summed E-state index contributed by atoms with van der Waals surface area (Å²) >= 11 is 0. The molecule has 0 saturated carbocycles. The number of rotatable bonds is 65. The van der Waals surface area contributed by atoms with Crippen LogP contribution in [-0.4, -0.2) is 70.0 Å². The lowest BCUT2D eigenvalue weighted by Crippen LogP contribution is -2.37. The number of hydrogen-bond acceptors (Lipinski definition) is 8. The van der Waals surface area contributed by atoms with E-state index in [2.05, 4.69) is 98.9 Å². The van der Waals surface area contributed by atoms with Crippen LogP contribution in [0.15, 0.2) is 85.1 Å². The molecule has 10 heteroatoms. The topological polar surface area (TPSA) is 111 Å². The Morgan fingerprint density at radius 1 is 0.381 bits per heavy atom. The maximum Gasteiger partial charge on any atom is 0.306 e. The molecule has 9 nitrogen and oxygen atoms in total. The largest absolute Gasteiger partial charge is 0.756 e. The fourth-order valence-electron chi connectivity index (χ4n) is 10.0. The molecule has 0 aromatic rings. The Morgan fingerprint density at radius 3 is 1.01 bits per heavy atom. The maximum atomic E-state index is 12.9. The zero-order valence-corrected chi connectivity index (χ0v) is 56.5. The second kappa shape index (κ2) is 64.7. The van der Waals surface area contributed by atoms with Crippen molar-refractivity contribution in [2.75, 3.05) is 47.5 Å². The Hall–Kier alpha value is -2.81. The van der Waals surface area contributed by atoms with Crippen molar-refractivity contribution in [3.63, 3.8) is 0 Å². The summed E-state index contributed by atoms with van der Waals surface area (Å²) in [5, 5.41) is 0. The fourth-order valence-corrected chi connectivity index (χ4v) is 10.7. The zero-order valence-electron chi connectivity index (χ0n) is 55.6. The predicted molar refractivity (Wildman–Crippen MR) is 360 cm³/mol. The molecule has 488 valence electrons. The maximum absolute atomic E-state index is 12.9. The minimum Gasteiger partial charge on any atom is -0.756 e. The molecule has 0 saturated heterocycles. The van der Waals surface area contributed by atoms with Gasteiger partial charge in [-0.15, -0.1) is 0 Å². The minimum atomic E-state index is -4.64. The molecule has 0 N–H and O–H groups in total. The first kappa shape index (κ1) is 81.2. The van der Waals surface area contributed by atoms with Crippen LogP contribution in [0.3, 0.4) is 0 Å². The van der Waals surface area contributed by atoms with Gasteiger partial charge in [0.05, 0.1) is 27.7 Å². The number of carbonyl (C=O) groups is 2. The van der Waals surface area contributed by atoms with Crippen LogP contribution in [-0.2, 0) is 32.7 Å². The first-order valence-corrected chi connectivity index (χ1v) is 36.8. The van der Waals surface area contributed by atoms with Crippen molar-refractivity contribution in [1.29, 1.82) is 0 Å². The quantitative estimate of drug-likeness (QED) is 0.0195. The highest BCUT2D eigenvalue weighted by molar-refractivity contribution is 7.45. The van der Waals surface area contributed by atoms with E-state index in [0.29, 0.717) is 17.4 Å². The van der Waals surface area contributed by atoms with E-state index < -0.39 is 26.5 Å². The number of allylic oxidation sites excluding steroid dienone is 14. The second-order valence-corrected chi connectivity index (χ2v) is 26.3. The van der Waals surface area contributed by atoms with Crippen LogP contribution in [0.5, 0.6) is 0 Å². The van der Waals surface area contributed by atoms with Crippen LogP contribution in [0.1, 0.15) is 322 Å². The molecule has 0 radical (unpaired) electrons. The van der Waals surface area contributed by atoms with Gasteiger partial charge in [0, 0.05) is 12.8 Å². The summed E-state index contributed by atoms with van der Waals surface area (Å²) in [6.07, 6.45) is 88.0. The van der Waals surface area contributed by atoms with E-state index in [4.69, 9.17) is 18.5 Å². The van der Waals surface area contributed by atoms with Crippen molar-refractivity contribution in [1.82, 2.24) is 0 Å². The number of quaternary nitrogens is 1. The van der Waals surface area contributed by atoms with Crippen LogP contribution < -0.4 is 4.89 Å². The summed E-state index contributed by atoms with van der Waals surface area (Å²) in [5.74, 6) is -0.822. The van der Waals surface area contributed by atoms with Crippen molar-refractivity contribution in [2.45, 2.75) is 328 Å². The third kappa shape index (κ3) is 68.3. The van der Waals surface area contributed by atoms with Gasteiger partial charge in [-0.05, 0) is 89.9 Å². The molecule has 2 unspecified atom stereocenters. The van der Waals surface area contributed by atoms with Gasteiger partial charge in [-0.2, -0.15) is 0 Å². The van der Waals surface area contributed by atoms with E-state index >= 15 is 0 Å². The number of unbranched alkanes of at least 4 members (excludes halogenated alkanes) is 37. The molecule has 0 aliphatic rings. The molecular formula is C74H134NO8P. The summed E-state index contributed by atoms with van der Waals surface area (Å²) in [7, 11) is 1.17. The van der Waals surface area contributed by atoms with Gasteiger partial charge in [-0.25, -0.2) is 0 Å². The molecule has 0 amide bonds. The standard InChI is InChI=1S/C74H134NO8P/c1-6-8-10-12-14-16-18-20-22-24-26-28-30-32-34-36-37-39-41-43-45-47-49-51-53-55-57-59-61-63-65-67-74(77)83-72(71-82-84(78,79)81-69-68-75(3,4)5)70-80-73(76)66-64-62-60-58-56-54-52-50-48-46-44-42-40-38-35-33-31-29-27-25-23-21-19-17-15-13-11-9-7-2/h8,10,14,16,19-22,25-28,32,34,72H,6-7,9,11-13,15,17-18,23-24,29-31,33,35-71H2,1-5H3/b10-8-,16-14-,21-19-,22-20-,27-25-,28-26-,34-32-. The summed E-state index contributed by atoms with van der Waals surface area (Å²) in [5.41, 5.74) is 0. The third-order valence-electron chi connectivity index (χ3n) is 15.4. The monoisotopic (exact) mass is 1200 g/mol. The van der Waals surface area contributed by atoms with Crippen LogP contribution in [0.25, 0.3) is 0 Å². The molecule has 0 bridgehead atoms. The van der Waals surface area contributed by atoms with Gasteiger partial charge in [-0.3, -0.25) is 14.2 Å². The first-order chi connectivity index (χ1) is 41.0. The van der Waals surface area contributed by atoms with E-state index in [1.165, 1.54) is 212 Å². The summed E-state index contributed by atoms with van der Waals surface area (Å²) < 4.78 is 34.3. The molecular weight excluding hydrogens is 1060 g/mol. The van der Waals surface area contributed by atoms with Crippen LogP contribution in [0.4, 0.5) is 0 Å². The van der Waals surface area contributed by atoms with Gasteiger partial charge in [0.1, 0.15) is 19.8 Å².